The number of likely N-dealkylation sites (N-methyl/N-ethyl adjacent to an activating group) is 1. The van der Waals surface area contributed by atoms with E-state index in [0.717, 1.165) is 24.1 Å². The van der Waals surface area contributed by atoms with Crippen LogP contribution in [0.15, 0.2) is 54.9 Å². The molecule has 2 amide bonds. The summed E-state index contributed by atoms with van der Waals surface area (Å²) < 4.78 is 0. The third-order valence-electron chi connectivity index (χ3n) is 4.69. The Hall–Kier alpha value is -2.69. The molecule has 130 valence electrons. The third-order valence-corrected chi connectivity index (χ3v) is 4.69. The molecule has 0 radical (unpaired) electrons. The number of hydrogen-bond donors (Lipinski definition) is 0. The Kier molecular flexibility index (Phi) is 5.43. The Morgan fingerprint density at radius 2 is 2.04 bits per heavy atom. The number of aromatic nitrogens is 1. The highest BCUT2D eigenvalue weighted by Gasteiger charge is 2.34. The summed E-state index contributed by atoms with van der Waals surface area (Å²) in [4.78, 5) is 32.9. The first-order chi connectivity index (χ1) is 12.2. The largest absolute Gasteiger partial charge is 0.334 e. The molecule has 0 aliphatic carbocycles. The Morgan fingerprint density at radius 3 is 2.76 bits per heavy atom. The van der Waals surface area contributed by atoms with Crippen molar-refractivity contribution in [1.82, 2.24) is 9.88 Å². The van der Waals surface area contributed by atoms with E-state index in [9.17, 15) is 9.59 Å². The van der Waals surface area contributed by atoms with Crippen LogP contribution < -0.4 is 4.90 Å². The number of carbonyl (C=O) groups is 2. The van der Waals surface area contributed by atoms with Gasteiger partial charge in [0.1, 0.15) is 6.04 Å². The molecule has 1 fully saturated rings. The lowest BCUT2D eigenvalue weighted by atomic mass is 10.0. The number of hydrogen-bond acceptors (Lipinski definition) is 3. The molecule has 1 aromatic carbocycles. The molecule has 0 saturated carbocycles. The standard InChI is InChI=1S/C20H23N3O2/c1-22(19(24)12-11-16-7-5-13-21-15-16)18-10-6-14-23(20(18)25)17-8-3-2-4-9-17/h2-5,7-9,13,15,18H,6,10-12,14H2,1H3/t18-/m0/s1. The van der Waals surface area contributed by atoms with Gasteiger partial charge in [-0.1, -0.05) is 24.3 Å². The normalized spacial score (nSPS) is 17.4. The average molecular weight is 337 g/mol. The number of anilines is 1. The van der Waals surface area contributed by atoms with Gasteiger partial charge >= 0.3 is 0 Å². The van der Waals surface area contributed by atoms with Crippen LogP contribution in [0.3, 0.4) is 0 Å². The van der Waals surface area contributed by atoms with Gasteiger partial charge in [-0.15, -0.1) is 0 Å². The molecule has 1 aliphatic rings. The molecule has 1 saturated heterocycles. The molecule has 0 spiro atoms. The Balaban J connectivity index is 1.63. The highest BCUT2D eigenvalue weighted by atomic mass is 16.2. The molecule has 0 N–H and O–H groups in total. The second kappa shape index (κ2) is 7.92. The van der Waals surface area contributed by atoms with Gasteiger partial charge < -0.3 is 9.80 Å². The molecule has 1 aromatic heterocycles. The maximum absolute atomic E-state index is 12.9. The first-order valence-corrected chi connectivity index (χ1v) is 8.68. The van der Waals surface area contributed by atoms with Gasteiger partial charge in [-0.3, -0.25) is 14.6 Å². The first kappa shape index (κ1) is 17.1. The summed E-state index contributed by atoms with van der Waals surface area (Å²) >= 11 is 0. The van der Waals surface area contributed by atoms with Gasteiger partial charge in [0.25, 0.3) is 0 Å². The number of para-hydroxylation sites is 1. The van der Waals surface area contributed by atoms with Gasteiger partial charge in [-0.25, -0.2) is 0 Å². The minimum Gasteiger partial charge on any atom is -0.334 e. The lowest BCUT2D eigenvalue weighted by molar-refractivity contribution is -0.138. The topological polar surface area (TPSA) is 53.5 Å². The van der Waals surface area contributed by atoms with Gasteiger partial charge in [-0.05, 0) is 43.0 Å². The molecule has 5 heteroatoms. The van der Waals surface area contributed by atoms with Crippen LogP contribution >= 0.6 is 0 Å². The molecule has 0 bridgehead atoms. The highest BCUT2D eigenvalue weighted by molar-refractivity contribution is 5.99. The molecule has 3 rings (SSSR count). The smallest absolute Gasteiger partial charge is 0.249 e. The first-order valence-electron chi connectivity index (χ1n) is 8.68. The molecule has 2 heterocycles. The molecule has 1 atom stereocenters. The van der Waals surface area contributed by atoms with Gasteiger partial charge in [0.2, 0.25) is 11.8 Å². The van der Waals surface area contributed by atoms with E-state index in [2.05, 4.69) is 4.98 Å². The fourth-order valence-electron chi connectivity index (χ4n) is 3.23. The van der Waals surface area contributed by atoms with Crippen molar-refractivity contribution in [2.24, 2.45) is 0 Å². The van der Waals surface area contributed by atoms with Crippen LogP contribution in [0.2, 0.25) is 0 Å². The van der Waals surface area contributed by atoms with Crippen LogP contribution in [0.1, 0.15) is 24.8 Å². The summed E-state index contributed by atoms with van der Waals surface area (Å²) in [6, 6.07) is 13.1. The fraction of sp³-hybridized carbons (Fsp3) is 0.350. The maximum Gasteiger partial charge on any atom is 0.249 e. The van der Waals surface area contributed by atoms with E-state index < -0.39 is 0 Å². The van der Waals surface area contributed by atoms with Crippen molar-refractivity contribution < 1.29 is 9.59 Å². The van der Waals surface area contributed by atoms with E-state index in [1.165, 1.54) is 0 Å². The van der Waals surface area contributed by atoms with E-state index >= 15 is 0 Å². The lowest BCUT2D eigenvalue weighted by Crippen LogP contribution is -2.53. The van der Waals surface area contributed by atoms with Crippen molar-refractivity contribution in [2.45, 2.75) is 31.7 Å². The predicted molar refractivity (Wildman–Crippen MR) is 97.1 cm³/mol. The number of amides is 2. The second-order valence-corrected chi connectivity index (χ2v) is 6.35. The number of benzene rings is 1. The quantitative estimate of drug-likeness (QED) is 0.843. The minimum atomic E-state index is -0.379. The van der Waals surface area contributed by atoms with Crippen LogP contribution in [0.25, 0.3) is 0 Å². The maximum atomic E-state index is 12.9. The summed E-state index contributed by atoms with van der Waals surface area (Å²) in [6.07, 6.45) is 6.13. The van der Waals surface area contributed by atoms with E-state index in [-0.39, 0.29) is 17.9 Å². The van der Waals surface area contributed by atoms with Crippen LogP contribution in [0, 0.1) is 0 Å². The third kappa shape index (κ3) is 4.05. The van der Waals surface area contributed by atoms with E-state index in [4.69, 9.17) is 0 Å². The molecule has 25 heavy (non-hydrogen) atoms. The van der Waals surface area contributed by atoms with Gasteiger partial charge in [0.15, 0.2) is 0 Å². The zero-order valence-electron chi connectivity index (χ0n) is 14.5. The summed E-state index contributed by atoms with van der Waals surface area (Å²) in [5.74, 6) is 0.00629. The van der Waals surface area contributed by atoms with Crippen molar-refractivity contribution in [2.75, 3.05) is 18.5 Å². The van der Waals surface area contributed by atoms with Crippen molar-refractivity contribution >= 4 is 17.5 Å². The number of piperidine rings is 1. The van der Waals surface area contributed by atoms with Gasteiger partial charge in [-0.2, -0.15) is 0 Å². The lowest BCUT2D eigenvalue weighted by Gasteiger charge is -2.37. The Labute approximate surface area is 148 Å². The van der Waals surface area contributed by atoms with Crippen molar-refractivity contribution in [3.05, 3.63) is 60.4 Å². The van der Waals surface area contributed by atoms with Gasteiger partial charge in [0.05, 0.1) is 0 Å². The zero-order chi connectivity index (χ0) is 17.6. The zero-order valence-corrected chi connectivity index (χ0v) is 14.5. The number of pyridine rings is 1. The molecule has 0 unspecified atom stereocenters. The van der Waals surface area contributed by atoms with E-state index in [1.54, 1.807) is 29.2 Å². The van der Waals surface area contributed by atoms with Crippen LogP contribution in [-0.4, -0.2) is 41.3 Å². The van der Waals surface area contributed by atoms with Crippen molar-refractivity contribution in [3.63, 3.8) is 0 Å². The Morgan fingerprint density at radius 1 is 1.24 bits per heavy atom. The SMILES string of the molecule is CN(C(=O)CCc1cccnc1)[C@H]1CCCN(c2ccccc2)C1=O. The summed E-state index contributed by atoms with van der Waals surface area (Å²) in [5.41, 5.74) is 1.93. The molecule has 5 nitrogen and oxygen atoms in total. The summed E-state index contributed by atoms with van der Waals surface area (Å²) in [5, 5.41) is 0. The van der Waals surface area contributed by atoms with Crippen molar-refractivity contribution in [3.8, 4) is 0 Å². The van der Waals surface area contributed by atoms with E-state index in [1.807, 2.05) is 42.5 Å². The predicted octanol–water partition coefficient (Wildman–Crippen LogP) is 2.67. The highest BCUT2D eigenvalue weighted by Crippen LogP contribution is 2.23. The number of nitrogens with zero attached hydrogens (tertiary/aromatic N) is 3. The molecular formula is C20H23N3O2. The number of carbonyl (C=O) groups excluding carboxylic acids is 2. The summed E-state index contributed by atoms with van der Waals surface area (Å²) in [6.45, 7) is 0.705. The molecular weight excluding hydrogens is 314 g/mol. The number of rotatable bonds is 5. The van der Waals surface area contributed by atoms with Crippen LogP contribution in [0.4, 0.5) is 5.69 Å². The second-order valence-electron chi connectivity index (χ2n) is 6.35. The minimum absolute atomic E-state index is 0.00267. The van der Waals surface area contributed by atoms with Crippen LogP contribution in [0.5, 0.6) is 0 Å². The Bertz CT molecular complexity index is 718. The average Bonchev–Trinajstić information content (AvgIpc) is 2.67. The molecule has 1 aliphatic heterocycles. The fourth-order valence-corrected chi connectivity index (χ4v) is 3.23. The van der Waals surface area contributed by atoms with E-state index in [0.29, 0.717) is 19.4 Å². The summed E-state index contributed by atoms with van der Waals surface area (Å²) in [7, 11) is 1.74. The number of aryl methyl sites for hydroxylation is 1. The van der Waals surface area contributed by atoms with Crippen LogP contribution in [-0.2, 0) is 16.0 Å². The molecule has 2 aromatic rings. The monoisotopic (exact) mass is 337 g/mol. The van der Waals surface area contributed by atoms with Crippen molar-refractivity contribution in [1.29, 1.82) is 0 Å². The van der Waals surface area contributed by atoms with Gasteiger partial charge in [0, 0.05) is 38.1 Å².